The van der Waals surface area contributed by atoms with Crippen LogP contribution in [0, 0.1) is 5.92 Å². The Kier molecular flexibility index (Phi) is 6.78. The third-order valence-corrected chi connectivity index (χ3v) is 6.29. The molecule has 154 valence electrons. The molecule has 0 unspecified atom stereocenters. The number of carbonyl (C=O) groups excluding carboxylic acids is 1. The second-order valence-corrected chi connectivity index (χ2v) is 8.31. The molecule has 2 fully saturated rings. The number of pyridine rings is 1. The average Bonchev–Trinajstić information content (AvgIpc) is 2.73. The molecule has 29 heavy (non-hydrogen) atoms. The summed E-state index contributed by atoms with van der Waals surface area (Å²) in [5.41, 5.74) is 2.16. The highest BCUT2D eigenvalue weighted by atomic mass is 16.1. The van der Waals surface area contributed by atoms with E-state index in [-0.39, 0.29) is 5.91 Å². The van der Waals surface area contributed by atoms with Crippen molar-refractivity contribution in [3.63, 3.8) is 0 Å². The maximum absolute atomic E-state index is 12.5. The summed E-state index contributed by atoms with van der Waals surface area (Å²) in [6.07, 6.45) is 7.96. The summed E-state index contributed by atoms with van der Waals surface area (Å²) in [5, 5.41) is 3.08. The van der Waals surface area contributed by atoms with Crippen LogP contribution in [0.2, 0.25) is 0 Å². The summed E-state index contributed by atoms with van der Waals surface area (Å²) in [7, 11) is 0. The van der Waals surface area contributed by atoms with E-state index < -0.39 is 0 Å². The van der Waals surface area contributed by atoms with Crippen molar-refractivity contribution >= 4 is 11.7 Å². The van der Waals surface area contributed by atoms with E-state index in [1.54, 1.807) is 12.3 Å². The van der Waals surface area contributed by atoms with Crippen molar-refractivity contribution in [2.75, 3.05) is 44.2 Å². The molecule has 0 spiro atoms. The zero-order chi connectivity index (χ0) is 19.9. The first kappa shape index (κ1) is 19.9. The lowest BCUT2D eigenvalue weighted by Gasteiger charge is -2.32. The van der Waals surface area contributed by atoms with Gasteiger partial charge in [0.15, 0.2) is 0 Å². The van der Waals surface area contributed by atoms with Gasteiger partial charge >= 0.3 is 0 Å². The molecule has 0 bridgehead atoms. The number of rotatable bonds is 8. The van der Waals surface area contributed by atoms with Gasteiger partial charge in [-0.1, -0.05) is 30.3 Å². The van der Waals surface area contributed by atoms with Crippen molar-refractivity contribution in [2.24, 2.45) is 5.92 Å². The number of hydrogen-bond acceptors (Lipinski definition) is 4. The molecule has 2 aliphatic rings. The molecule has 0 atom stereocenters. The zero-order valence-corrected chi connectivity index (χ0v) is 17.2. The van der Waals surface area contributed by atoms with Crippen molar-refractivity contribution in [1.29, 1.82) is 0 Å². The minimum absolute atomic E-state index is 0.00641. The van der Waals surface area contributed by atoms with Gasteiger partial charge in [0.25, 0.3) is 5.91 Å². The van der Waals surface area contributed by atoms with Crippen LogP contribution in [0.4, 0.5) is 5.82 Å². The quantitative estimate of drug-likeness (QED) is 0.748. The SMILES string of the molecule is O=C(NCCN1CCC(CCc2ccccc2)CC1)c1ccnc(N2CCC2)c1. The lowest BCUT2D eigenvalue weighted by molar-refractivity contribution is 0.0943. The highest BCUT2D eigenvalue weighted by Crippen LogP contribution is 2.22. The van der Waals surface area contributed by atoms with E-state index in [0.29, 0.717) is 12.1 Å². The van der Waals surface area contributed by atoms with E-state index in [1.165, 1.54) is 37.7 Å². The molecule has 3 heterocycles. The second kappa shape index (κ2) is 9.88. The number of carbonyl (C=O) groups is 1. The summed E-state index contributed by atoms with van der Waals surface area (Å²) in [4.78, 5) is 21.5. The molecule has 0 saturated carbocycles. The van der Waals surface area contributed by atoms with E-state index in [1.807, 2.05) is 6.07 Å². The first-order chi connectivity index (χ1) is 14.3. The van der Waals surface area contributed by atoms with Crippen LogP contribution in [0.1, 0.15) is 41.6 Å². The van der Waals surface area contributed by atoms with Gasteiger partial charge < -0.3 is 15.1 Å². The van der Waals surface area contributed by atoms with Gasteiger partial charge in [0.05, 0.1) is 0 Å². The maximum Gasteiger partial charge on any atom is 0.251 e. The van der Waals surface area contributed by atoms with E-state index in [9.17, 15) is 4.79 Å². The molecule has 1 aromatic carbocycles. The van der Waals surface area contributed by atoms with Gasteiger partial charge in [0, 0.05) is 37.9 Å². The molecule has 1 amide bonds. The van der Waals surface area contributed by atoms with Gasteiger partial charge in [-0.25, -0.2) is 4.98 Å². The number of nitrogens with one attached hydrogen (secondary N) is 1. The monoisotopic (exact) mass is 392 g/mol. The van der Waals surface area contributed by atoms with E-state index >= 15 is 0 Å². The molecule has 0 radical (unpaired) electrons. The number of benzene rings is 1. The van der Waals surface area contributed by atoms with Gasteiger partial charge in [-0.2, -0.15) is 0 Å². The Morgan fingerprint density at radius 3 is 2.59 bits per heavy atom. The molecule has 2 aliphatic heterocycles. The lowest BCUT2D eigenvalue weighted by Crippen LogP contribution is -2.40. The third kappa shape index (κ3) is 5.57. The first-order valence-corrected chi connectivity index (χ1v) is 11.0. The van der Waals surface area contributed by atoms with Gasteiger partial charge in [-0.05, 0) is 68.8 Å². The minimum Gasteiger partial charge on any atom is -0.356 e. The van der Waals surface area contributed by atoms with Crippen LogP contribution in [0.5, 0.6) is 0 Å². The van der Waals surface area contributed by atoms with E-state index in [0.717, 1.165) is 44.5 Å². The Bertz CT molecular complexity index is 782. The summed E-state index contributed by atoms with van der Waals surface area (Å²) < 4.78 is 0. The van der Waals surface area contributed by atoms with Crippen LogP contribution >= 0.6 is 0 Å². The van der Waals surface area contributed by atoms with Gasteiger partial charge in [0.1, 0.15) is 5.82 Å². The number of aryl methyl sites for hydroxylation is 1. The topological polar surface area (TPSA) is 48.5 Å². The Morgan fingerprint density at radius 1 is 1.07 bits per heavy atom. The largest absolute Gasteiger partial charge is 0.356 e. The molecular formula is C24H32N4O. The Labute approximate surface area is 174 Å². The molecule has 5 nitrogen and oxygen atoms in total. The predicted molar refractivity (Wildman–Crippen MR) is 117 cm³/mol. The molecule has 4 rings (SSSR count). The molecule has 5 heteroatoms. The summed E-state index contributed by atoms with van der Waals surface area (Å²) in [5.74, 6) is 1.76. The molecule has 1 N–H and O–H groups in total. The molecule has 1 aromatic heterocycles. The lowest BCUT2D eigenvalue weighted by atomic mass is 9.90. The smallest absolute Gasteiger partial charge is 0.251 e. The Hall–Kier alpha value is -2.40. The number of aromatic nitrogens is 1. The van der Waals surface area contributed by atoms with Crippen LogP contribution in [-0.4, -0.2) is 55.1 Å². The minimum atomic E-state index is 0.00641. The van der Waals surface area contributed by atoms with Crippen LogP contribution < -0.4 is 10.2 Å². The average molecular weight is 393 g/mol. The summed E-state index contributed by atoms with van der Waals surface area (Å²) in [6.45, 7) is 6.00. The fraction of sp³-hybridized carbons (Fsp3) is 0.500. The molecule has 0 aliphatic carbocycles. The predicted octanol–water partition coefficient (Wildman–Crippen LogP) is 3.37. The zero-order valence-electron chi connectivity index (χ0n) is 17.2. The standard InChI is InChI=1S/C24H32N4O/c29-24(22-9-12-25-23(19-22)28-14-4-15-28)26-13-18-27-16-10-21(11-17-27)8-7-20-5-2-1-3-6-20/h1-3,5-6,9,12,19,21H,4,7-8,10-11,13-18H2,(H,26,29). The van der Waals surface area contributed by atoms with Crippen LogP contribution in [-0.2, 0) is 6.42 Å². The van der Waals surface area contributed by atoms with Crippen molar-refractivity contribution in [3.8, 4) is 0 Å². The number of nitrogens with zero attached hydrogens (tertiary/aromatic N) is 3. The van der Waals surface area contributed by atoms with Gasteiger partial charge in [0.2, 0.25) is 0 Å². The van der Waals surface area contributed by atoms with Gasteiger partial charge in [-0.3, -0.25) is 4.79 Å². The van der Waals surface area contributed by atoms with Crippen LogP contribution in [0.15, 0.2) is 48.7 Å². The second-order valence-electron chi connectivity index (χ2n) is 8.31. The number of piperidine rings is 1. The van der Waals surface area contributed by atoms with Gasteiger partial charge in [-0.15, -0.1) is 0 Å². The highest BCUT2D eigenvalue weighted by molar-refractivity contribution is 5.94. The third-order valence-electron chi connectivity index (χ3n) is 6.29. The van der Waals surface area contributed by atoms with Crippen molar-refractivity contribution in [2.45, 2.75) is 32.1 Å². The number of amides is 1. The highest BCUT2D eigenvalue weighted by Gasteiger charge is 2.20. The molecule has 2 aromatic rings. The first-order valence-electron chi connectivity index (χ1n) is 11.0. The fourth-order valence-corrected chi connectivity index (χ4v) is 4.22. The fourth-order valence-electron chi connectivity index (χ4n) is 4.22. The Morgan fingerprint density at radius 2 is 1.86 bits per heavy atom. The number of likely N-dealkylation sites (tertiary alicyclic amines) is 1. The van der Waals surface area contributed by atoms with Crippen molar-refractivity contribution in [1.82, 2.24) is 15.2 Å². The van der Waals surface area contributed by atoms with E-state index in [4.69, 9.17) is 0 Å². The van der Waals surface area contributed by atoms with E-state index in [2.05, 4.69) is 50.4 Å². The van der Waals surface area contributed by atoms with Crippen LogP contribution in [0.3, 0.4) is 0 Å². The van der Waals surface area contributed by atoms with Crippen molar-refractivity contribution in [3.05, 3.63) is 59.8 Å². The summed E-state index contributed by atoms with van der Waals surface area (Å²) >= 11 is 0. The van der Waals surface area contributed by atoms with Crippen LogP contribution in [0.25, 0.3) is 0 Å². The maximum atomic E-state index is 12.5. The number of anilines is 1. The normalized spacial score (nSPS) is 17.7. The molecular weight excluding hydrogens is 360 g/mol. The number of hydrogen-bond donors (Lipinski definition) is 1. The Balaban J connectivity index is 1.14. The summed E-state index contributed by atoms with van der Waals surface area (Å²) in [6, 6.07) is 14.5. The van der Waals surface area contributed by atoms with Crippen molar-refractivity contribution < 1.29 is 4.79 Å². The molecule has 2 saturated heterocycles.